The Morgan fingerprint density at radius 1 is 1.03 bits per heavy atom. The van der Waals surface area contributed by atoms with Crippen LogP contribution in [0.15, 0.2) is 23.4 Å². The maximum absolute atomic E-state index is 12.6. The van der Waals surface area contributed by atoms with E-state index in [1.165, 1.54) is 76.3 Å². The number of thioether (sulfide) groups is 1. The van der Waals surface area contributed by atoms with Gasteiger partial charge in [0.15, 0.2) is 5.16 Å². The van der Waals surface area contributed by atoms with Gasteiger partial charge in [0.25, 0.3) is 0 Å². The van der Waals surface area contributed by atoms with Crippen molar-refractivity contribution in [1.82, 2.24) is 14.8 Å². The van der Waals surface area contributed by atoms with Crippen molar-refractivity contribution in [3.63, 3.8) is 0 Å². The summed E-state index contributed by atoms with van der Waals surface area (Å²) in [5.41, 5.74) is 0.586. The van der Waals surface area contributed by atoms with Crippen molar-refractivity contribution in [2.45, 2.75) is 63.6 Å². The molecule has 34 heavy (non-hydrogen) atoms. The van der Waals surface area contributed by atoms with Crippen molar-refractivity contribution in [1.29, 1.82) is 0 Å². The molecule has 1 amide bonds. The van der Waals surface area contributed by atoms with Crippen molar-refractivity contribution in [3.8, 4) is 0 Å². The standard InChI is InChI=1S/C24H32N4O5S/c1-4-28-20(11-10-16-8-6-5-7-9-16)26-27-24(28)34-15-21(29)25-19-13-17(22(30)32-2)12-18(14-19)23(31)33-3/h12-14,16H,4-11,15H2,1-3H3,(H,25,29). The molecule has 9 nitrogen and oxygen atoms in total. The highest BCUT2D eigenvalue weighted by atomic mass is 32.2. The van der Waals surface area contributed by atoms with Gasteiger partial charge in [-0.25, -0.2) is 9.59 Å². The van der Waals surface area contributed by atoms with Crippen LogP contribution >= 0.6 is 11.8 Å². The summed E-state index contributed by atoms with van der Waals surface area (Å²) in [5.74, 6) is 0.311. The number of ether oxygens (including phenoxy) is 2. The summed E-state index contributed by atoms with van der Waals surface area (Å²) in [4.78, 5) is 36.5. The summed E-state index contributed by atoms with van der Waals surface area (Å²) < 4.78 is 11.5. The van der Waals surface area contributed by atoms with Crippen LogP contribution in [0, 0.1) is 5.92 Å². The van der Waals surface area contributed by atoms with Gasteiger partial charge in [0, 0.05) is 18.7 Å². The summed E-state index contributed by atoms with van der Waals surface area (Å²) in [6.45, 7) is 2.78. The highest BCUT2D eigenvalue weighted by Crippen LogP contribution is 2.28. The van der Waals surface area contributed by atoms with E-state index in [-0.39, 0.29) is 22.8 Å². The molecule has 2 aromatic rings. The molecule has 0 aliphatic heterocycles. The van der Waals surface area contributed by atoms with E-state index in [0.717, 1.165) is 31.1 Å². The van der Waals surface area contributed by atoms with Gasteiger partial charge in [-0.1, -0.05) is 43.9 Å². The maximum atomic E-state index is 12.6. The molecule has 1 aliphatic carbocycles. The summed E-state index contributed by atoms with van der Waals surface area (Å²) in [7, 11) is 2.49. The molecule has 1 aromatic carbocycles. The molecule has 0 saturated heterocycles. The van der Waals surface area contributed by atoms with Gasteiger partial charge in [-0.05, 0) is 37.5 Å². The number of carbonyl (C=O) groups excluding carboxylic acids is 3. The molecule has 0 bridgehead atoms. The third kappa shape index (κ3) is 6.82. The number of aryl methyl sites for hydroxylation is 1. The fourth-order valence-electron chi connectivity index (χ4n) is 4.24. The van der Waals surface area contributed by atoms with Gasteiger partial charge in [-0.2, -0.15) is 0 Å². The molecule has 1 N–H and O–H groups in total. The second kappa shape index (κ2) is 12.5. The number of rotatable bonds is 10. The van der Waals surface area contributed by atoms with E-state index in [1.54, 1.807) is 0 Å². The number of benzene rings is 1. The van der Waals surface area contributed by atoms with Crippen molar-refractivity contribution in [3.05, 3.63) is 35.2 Å². The molecule has 1 fully saturated rings. The minimum absolute atomic E-state index is 0.108. The van der Waals surface area contributed by atoms with Crippen LogP contribution < -0.4 is 5.32 Å². The lowest BCUT2D eigenvalue weighted by atomic mass is 9.86. The molecular weight excluding hydrogens is 456 g/mol. The summed E-state index contributed by atoms with van der Waals surface area (Å²) in [5, 5.41) is 12.1. The molecule has 1 saturated carbocycles. The molecule has 1 aromatic heterocycles. The fraction of sp³-hybridized carbons (Fsp3) is 0.542. The Morgan fingerprint density at radius 3 is 2.26 bits per heavy atom. The number of esters is 2. The van der Waals surface area contributed by atoms with Crippen LogP contribution in [-0.4, -0.2) is 52.6 Å². The third-order valence-corrected chi connectivity index (χ3v) is 6.97. The number of nitrogens with one attached hydrogen (secondary N) is 1. The molecule has 3 rings (SSSR count). The van der Waals surface area contributed by atoms with Crippen molar-refractivity contribution in [2.75, 3.05) is 25.3 Å². The minimum atomic E-state index is -0.618. The third-order valence-electron chi connectivity index (χ3n) is 6.00. The van der Waals surface area contributed by atoms with Gasteiger partial charge >= 0.3 is 11.9 Å². The first-order chi connectivity index (χ1) is 16.4. The number of anilines is 1. The average Bonchev–Trinajstić information content (AvgIpc) is 3.27. The smallest absolute Gasteiger partial charge is 0.337 e. The zero-order valence-electron chi connectivity index (χ0n) is 20.0. The van der Waals surface area contributed by atoms with E-state index in [2.05, 4.69) is 20.1 Å². The molecule has 10 heteroatoms. The van der Waals surface area contributed by atoms with Crippen molar-refractivity contribution >= 4 is 35.3 Å². The number of amides is 1. The second-order valence-corrected chi connectivity index (χ2v) is 9.25. The Kier molecular flexibility index (Phi) is 9.50. The zero-order chi connectivity index (χ0) is 24.5. The van der Waals surface area contributed by atoms with Crippen molar-refractivity contribution < 1.29 is 23.9 Å². The lowest BCUT2D eigenvalue weighted by Crippen LogP contribution is -2.16. The van der Waals surface area contributed by atoms with E-state index in [1.807, 2.05) is 6.92 Å². The topological polar surface area (TPSA) is 112 Å². The normalized spacial score (nSPS) is 14.0. The summed E-state index contributed by atoms with van der Waals surface area (Å²) in [6, 6.07) is 4.28. The van der Waals surface area contributed by atoms with E-state index >= 15 is 0 Å². The summed E-state index contributed by atoms with van der Waals surface area (Å²) in [6.07, 6.45) is 8.63. The van der Waals surface area contributed by atoms with Crippen LogP contribution in [0.4, 0.5) is 5.69 Å². The van der Waals surface area contributed by atoms with Crippen LogP contribution in [0.5, 0.6) is 0 Å². The number of aromatic nitrogens is 3. The molecular formula is C24H32N4O5S. The Balaban J connectivity index is 1.62. The Hall–Kier alpha value is -2.88. The highest BCUT2D eigenvalue weighted by molar-refractivity contribution is 7.99. The first-order valence-electron chi connectivity index (χ1n) is 11.6. The molecule has 1 aliphatic rings. The van der Waals surface area contributed by atoms with E-state index in [0.29, 0.717) is 10.8 Å². The predicted molar refractivity (Wildman–Crippen MR) is 129 cm³/mol. The zero-order valence-corrected chi connectivity index (χ0v) is 20.8. The Bertz CT molecular complexity index is 983. The maximum Gasteiger partial charge on any atom is 0.337 e. The molecule has 0 unspecified atom stereocenters. The Morgan fingerprint density at radius 2 is 1.68 bits per heavy atom. The predicted octanol–water partition coefficient (Wildman–Crippen LogP) is 4.11. The van der Waals surface area contributed by atoms with Gasteiger partial charge in [0.2, 0.25) is 5.91 Å². The van der Waals surface area contributed by atoms with Crippen LogP contribution in [0.25, 0.3) is 0 Å². The fourth-order valence-corrected chi connectivity index (χ4v) is 5.06. The van der Waals surface area contributed by atoms with Crippen LogP contribution in [0.1, 0.15) is 72.0 Å². The minimum Gasteiger partial charge on any atom is -0.465 e. The number of hydrogen-bond acceptors (Lipinski definition) is 8. The first kappa shape index (κ1) is 25.7. The summed E-state index contributed by atoms with van der Waals surface area (Å²) >= 11 is 1.31. The molecule has 1 heterocycles. The molecule has 0 atom stereocenters. The van der Waals surface area contributed by atoms with Gasteiger partial charge in [0.05, 0.1) is 31.1 Å². The van der Waals surface area contributed by atoms with E-state index in [9.17, 15) is 14.4 Å². The highest BCUT2D eigenvalue weighted by Gasteiger charge is 2.18. The number of hydrogen-bond donors (Lipinski definition) is 1. The van der Waals surface area contributed by atoms with Gasteiger partial charge < -0.3 is 19.4 Å². The molecule has 0 spiro atoms. The quantitative estimate of drug-likeness (QED) is 0.393. The van der Waals surface area contributed by atoms with Crippen LogP contribution in [-0.2, 0) is 27.2 Å². The van der Waals surface area contributed by atoms with E-state index < -0.39 is 11.9 Å². The van der Waals surface area contributed by atoms with Gasteiger partial charge in [0.1, 0.15) is 5.82 Å². The number of carbonyl (C=O) groups is 3. The number of nitrogens with zero attached hydrogens (tertiary/aromatic N) is 3. The number of methoxy groups -OCH3 is 2. The average molecular weight is 489 g/mol. The lowest BCUT2D eigenvalue weighted by molar-refractivity contribution is -0.113. The van der Waals surface area contributed by atoms with E-state index in [4.69, 9.17) is 9.47 Å². The van der Waals surface area contributed by atoms with Gasteiger partial charge in [-0.15, -0.1) is 10.2 Å². The van der Waals surface area contributed by atoms with Crippen LogP contribution in [0.3, 0.4) is 0 Å². The van der Waals surface area contributed by atoms with Crippen LogP contribution in [0.2, 0.25) is 0 Å². The molecule has 0 radical (unpaired) electrons. The Labute approximate surface area is 204 Å². The second-order valence-electron chi connectivity index (χ2n) is 8.30. The first-order valence-corrected chi connectivity index (χ1v) is 12.6. The SMILES string of the molecule is CCn1c(CCC2CCCCC2)nnc1SCC(=O)Nc1cc(C(=O)OC)cc(C(=O)OC)c1. The lowest BCUT2D eigenvalue weighted by Gasteiger charge is -2.21. The van der Waals surface area contributed by atoms with Crippen molar-refractivity contribution in [2.24, 2.45) is 5.92 Å². The van der Waals surface area contributed by atoms with Gasteiger partial charge in [-0.3, -0.25) is 4.79 Å². The largest absolute Gasteiger partial charge is 0.465 e. The monoisotopic (exact) mass is 488 g/mol. The molecule has 184 valence electrons.